The molecule has 90 valence electrons. The molecule has 2 atom stereocenters. The summed E-state index contributed by atoms with van der Waals surface area (Å²) in [4.78, 5) is 0. The molecule has 6 nitrogen and oxygen atoms in total. The summed E-state index contributed by atoms with van der Waals surface area (Å²) in [7, 11) is 0. The number of nitrogens with one attached hydrogen (secondary N) is 1. The van der Waals surface area contributed by atoms with Crippen molar-refractivity contribution in [1.29, 1.82) is 5.41 Å². The quantitative estimate of drug-likeness (QED) is 0.338. The van der Waals surface area contributed by atoms with Gasteiger partial charge in [-0.2, -0.15) is 0 Å². The van der Waals surface area contributed by atoms with Crippen LogP contribution in [0.3, 0.4) is 0 Å². The molecule has 0 heterocycles. The lowest BCUT2D eigenvalue weighted by Crippen LogP contribution is -2.03. The smallest absolute Gasteiger partial charge is 0.232 e. The van der Waals surface area contributed by atoms with Crippen molar-refractivity contribution in [3.05, 3.63) is 23.3 Å². The largest absolute Gasteiger partial charge is 0.506 e. The molecule has 2 rings (SSSR count). The van der Waals surface area contributed by atoms with Gasteiger partial charge in [-0.15, -0.1) is 10.2 Å². The number of aliphatic hydroxyl groups is 1. The van der Waals surface area contributed by atoms with Gasteiger partial charge in [0, 0.05) is 0 Å². The van der Waals surface area contributed by atoms with Crippen LogP contribution in [-0.4, -0.2) is 16.2 Å². The van der Waals surface area contributed by atoms with Crippen LogP contribution in [0.25, 0.3) is 0 Å². The predicted molar refractivity (Wildman–Crippen MR) is 62.5 cm³/mol. The van der Waals surface area contributed by atoms with Gasteiger partial charge in [0.05, 0.1) is 6.10 Å². The second-order valence-corrected chi connectivity index (χ2v) is 4.21. The first-order valence-electron chi connectivity index (χ1n) is 5.29. The van der Waals surface area contributed by atoms with Gasteiger partial charge < -0.3 is 15.9 Å². The van der Waals surface area contributed by atoms with Crippen molar-refractivity contribution >= 4 is 11.6 Å². The molecule has 0 aliphatic heterocycles. The lowest BCUT2D eigenvalue weighted by Gasteiger charge is -2.07. The number of azo groups is 1. The van der Waals surface area contributed by atoms with E-state index in [0.29, 0.717) is 6.42 Å². The fourth-order valence-electron chi connectivity index (χ4n) is 2.10. The molecule has 0 fully saturated rings. The lowest BCUT2D eigenvalue weighted by molar-refractivity contribution is 0.174. The predicted octanol–water partition coefficient (Wildman–Crippen LogP) is 1.91. The summed E-state index contributed by atoms with van der Waals surface area (Å²) in [6.45, 7) is 1.99. The van der Waals surface area contributed by atoms with E-state index in [4.69, 9.17) is 11.1 Å². The van der Waals surface area contributed by atoms with E-state index in [2.05, 4.69) is 10.2 Å². The number of rotatable bonds is 1. The van der Waals surface area contributed by atoms with Gasteiger partial charge in [0.1, 0.15) is 11.4 Å². The Morgan fingerprint density at radius 2 is 2.18 bits per heavy atom. The zero-order chi connectivity index (χ0) is 12.6. The van der Waals surface area contributed by atoms with E-state index in [0.717, 1.165) is 11.1 Å². The third-order valence-electron chi connectivity index (χ3n) is 2.91. The number of aliphatic hydroxyl groups excluding tert-OH is 1. The number of nitrogens with zero attached hydrogens (tertiary/aromatic N) is 2. The molecule has 1 aromatic rings. The summed E-state index contributed by atoms with van der Waals surface area (Å²) >= 11 is 0. The van der Waals surface area contributed by atoms with E-state index in [1.54, 1.807) is 12.1 Å². The third-order valence-corrected chi connectivity index (χ3v) is 2.91. The molecule has 1 aliphatic rings. The molecular weight excluding hydrogens is 220 g/mol. The van der Waals surface area contributed by atoms with E-state index < -0.39 is 12.1 Å². The summed E-state index contributed by atoms with van der Waals surface area (Å²) in [5, 5.41) is 33.5. The molecule has 0 bridgehead atoms. The molecule has 1 aromatic carbocycles. The van der Waals surface area contributed by atoms with Gasteiger partial charge in [0.25, 0.3) is 0 Å². The average molecular weight is 234 g/mol. The van der Waals surface area contributed by atoms with Gasteiger partial charge >= 0.3 is 0 Å². The highest BCUT2D eigenvalue weighted by Crippen LogP contribution is 2.44. The Hall–Kier alpha value is -1.95. The molecule has 0 radical (unpaired) electrons. The summed E-state index contributed by atoms with van der Waals surface area (Å²) < 4.78 is 0. The zero-order valence-electron chi connectivity index (χ0n) is 9.38. The number of fused-ring (bicyclic) bond motifs is 1. The second kappa shape index (κ2) is 4.14. The van der Waals surface area contributed by atoms with Crippen LogP contribution in [0, 0.1) is 5.41 Å². The fraction of sp³-hybridized carbons (Fsp3) is 0.364. The van der Waals surface area contributed by atoms with Gasteiger partial charge in [0.2, 0.25) is 5.96 Å². The molecule has 17 heavy (non-hydrogen) atoms. The number of phenols is 1. The monoisotopic (exact) mass is 234 g/mol. The first-order chi connectivity index (χ1) is 7.99. The van der Waals surface area contributed by atoms with Crippen molar-refractivity contribution in [2.45, 2.75) is 25.4 Å². The van der Waals surface area contributed by atoms with E-state index in [1.807, 2.05) is 6.92 Å². The molecule has 1 aliphatic carbocycles. The summed E-state index contributed by atoms with van der Waals surface area (Å²) in [5.74, 6) is -0.238. The zero-order valence-corrected chi connectivity index (χ0v) is 9.38. The fourth-order valence-corrected chi connectivity index (χ4v) is 2.10. The van der Waals surface area contributed by atoms with Gasteiger partial charge in [-0.1, -0.05) is 6.92 Å². The van der Waals surface area contributed by atoms with Crippen molar-refractivity contribution in [1.82, 2.24) is 0 Å². The Kier molecular flexibility index (Phi) is 2.81. The standard InChI is InChI=1S/C11H14N4O2/c1-5-2-9(16)7-3-8(14-15-11(12)13)10(17)4-6(5)7/h3-5,9,16-17H,2H2,1H3,(H3,12,13). The Labute approximate surface area is 98.3 Å². The third kappa shape index (κ3) is 2.12. The van der Waals surface area contributed by atoms with E-state index in [9.17, 15) is 10.2 Å². The molecule has 6 heteroatoms. The van der Waals surface area contributed by atoms with Crippen molar-refractivity contribution < 1.29 is 10.2 Å². The highest BCUT2D eigenvalue weighted by molar-refractivity contribution is 5.75. The van der Waals surface area contributed by atoms with E-state index in [-0.39, 0.29) is 17.4 Å². The molecule has 0 saturated carbocycles. The van der Waals surface area contributed by atoms with Crippen molar-refractivity contribution in [3.8, 4) is 5.75 Å². The summed E-state index contributed by atoms with van der Waals surface area (Å²) in [6.07, 6.45) is 0.106. The van der Waals surface area contributed by atoms with Crippen LogP contribution < -0.4 is 5.73 Å². The average Bonchev–Trinajstić information content (AvgIpc) is 2.51. The number of hydrogen-bond acceptors (Lipinski definition) is 4. The highest BCUT2D eigenvalue weighted by Gasteiger charge is 2.28. The molecule has 0 aromatic heterocycles. The maximum Gasteiger partial charge on any atom is 0.232 e. The molecule has 0 saturated heterocycles. The van der Waals surface area contributed by atoms with Crippen molar-refractivity contribution in [2.24, 2.45) is 16.0 Å². The Morgan fingerprint density at radius 1 is 1.47 bits per heavy atom. The number of benzene rings is 1. The van der Waals surface area contributed by atoms with Crippen molar-refractivity contribution in [3.63, 3.8) is 0 Å². The number of aromatic hydroxyl groups is 1. The van der Waals surface area contributed by atoms with Crippen LogP contribution in [0.2, 0.25) is 0 Å². The first-order valence-corrected chi connectivity index (χ1v) is 5.29. The minimum atomic E-state index is -0.535. The molecule has 0 amide bonds. The van der Waals surface area contributed by atoms with Crippen LogP contribution in [0.15, 0.2) is 22.4 Å². The Bertz CT molecular complexity index is 498. The maximum absolute atomic E-state index is 9.82. The van der Waals surface area contributed by atoms with Crippen LogP contribution in [-0.2, 0) is 0 Å². The number of nitrogens with two attached hydrogens (primary N) is 1. The van der Waals surface area contributed by atoms with E-state index >= 15 is 0 Å². The van der Waals surface area contributed by atoms with Crippen LogP contribution >= 0.6 is 0 Å². The maximum atomic E-state index is 9.82. The number of guanidine groups is 1. The SMILES string of the molecule is CC1CC(O)c2cc(N=NC(=N)N)c(O)cc21. The first kappa shape index (κ1) is 11.5. The summed E-state index contributed by atoms with van der Waals surface area (Å²) in [5.41, 5.74) is 6.94. The van der Waals surface area contributed by atoms with Gasteiger partial charge in [-0.25, -0.2) is 0 Å². The molecular formula is C11H14N4O2. The minimum absolute atomic E-state index is 0.0188. The molecule has 0 spiro atoms. The molecule has 5 N–H and O–H groups in total. The topological polar surface area (TPSA) is 115 Å². The second-order valence-electron chi connectivity index (χ2n) is 4.21. The van der Waals surface area contributed by atoms with Crippen LogP contribution in [0.4, 0.5) is 5.69 Å². The lowest BCUT2D eigenvalue weighted by atomic mass is 10.0. The van der Waals surface area contributed by atoms with Gasteiger partial charge in [-0.05, 0) is 35.6 Å². The normalized spacial score (nSPS) is 22.9. The summed E-state index contributed by atoms with van der Waals surface area (Å²) in [6, 6.07) is 3.18. The van der Waals surface area contributed by atoms with E-state index in [1.165, 1.54) is 0 Å². The van der Waals surface area contributed by atoms with Crippen molar-refractivity contribution in [2.75, 3.05) is 0 Å². The molecule has 2 unspecified atom stereocenters. The highest BCUT2D eigenvalue weighted by atomic mass is 16.3. The number of phenolic OH excluding ortho intramolecular Hbond substituents is 1. The number of hydrogen-bond donors (Lipinski definition) is 4. The minimum Gasteiger partial charge on any atom is -0.506 e. The van der Waals surface area contributed by atoms with Gasteiger partial charge in [-0.3, -0.25) is 5.41 Å². The Morgan fingerprint density at radius 3 is 2.82 bits per heavy atom. The van der Waals surface area contributed by atoms with Crippen LogP contribution in [0.1, 0.15) is 36.5 Å². The Balaban J connectivity index is 2.44. The van der Waals surface area contributed by atoms with Crippen LogP contribution in [0.5, 0.6) is 5.75 Å². The van der Waals surface area contributed by atoms with Gasteiger partial charge in [0.15, 0.2) is 0 Å².